The summed E-state index contributed by atoms with van der Waals surface area (Å²) in [5.41, 5.74) is 1.81. The van der Waals surface area contributed by atoms with Gasteiger partial charge in [0.1, 0.15) is 5.75 Å². The van der Waals surface area contributed by atoms with Gasteiger partial charge < -0.3 is 19.7 Å². The van der Waals surface area contributed by atoms with Gasteiger partial charge in [-0.3, -0.25) is 4.79 Å². The number of piperidine rings is 1. The van der Waals surface area contributed by atoms with Crippen LogP contribution in [0.5, 0.6) is 11.6 Å². The number of nitrogens with zero attached hydrogens (tertiary/aromatic N) is 3. The van der Waals surface area contributed by atoms with Crippen molar-refractivity contribution in [3.8, 4) is 11.6 Å². The van der Waals surface area contributed by atoms with Crippen molar-refractivity contribution >= 4 is 11.9 Å². The minimum atomic E-state index is -0.0939. The van der Waals surface area contributed by atoms with E-state index in [0.29, 0.717) is 24.9 Å². The van der Waals surface area contributed by atoms with E-state index in [0.717, 1.165) is 36.4 Å². The summed E-state index contributed by atoms with van der Waals surface area (Å²) < 4.78 is 10.6. The van der Waals surface area contributed by atoms with Gasteiger partial charge in [0, 0.05) is 37.0 Å². The first-order valence-electron chi connectivity index (χ1n) is 9.15. The minimum Gasteiger partial charge on any atom is -0.496 e. The second kappa shape index (κ2) is 8.70. The number of carbonyl (C=O) groups excluding carboxylic acids is 1. The molecule has 0 radical (unpaired) electrons. The molecule has 1 atom stereocenters. The van der Waals surface area contributed by atoms with Crippen molar-refractivity contribution in [2.75, 3.05) is 32.2 Å². The largest absolute Gasteiger partial charge is 0.496 e. The van der Waals surface area contributed by atoms with E-state index in [9.17, 15) is 4.79 Å². The molecule has 0 spiro atoms. The van der Waals surface area contributed by atoms with Crippen LogP contribution in [0.2, 0.25) is 0 Å². The summed E-state index contributed by atoms with van der Waals surface area (Å²) in [5.74, 6) is 1.89. The molecule has 1 fully saturated rings. The van der Waals surface area contributed by atoms with Crippen LogP contribution in [0.3, 0.4) is 0 Å². The van der Waals surface area contributed by atoms with E-state index in [4.69, 9.17) is 9.47 Å². The number of methoxy groups -OCH3 is 2. The Bertz CT molecular complexity index is 797. The molecule has 3 rings (SSSR count). The number of carbonyl (C=O) groups is 1. The van der Waals surface area contributed by atoms with Gasteiger partial charge in [-0.1, -0.05) is 18.2 Å². The van der Waals surface area contributed by atoms with Gasteiger partial charge in [-0.25, -0.2) is 4.98 Å². The molecular weight excluding hydrogens is 344 g/mol. The Kier molecular flexibility index (Phi) is 6.11. The monoisotopic (exact) mass is 370 g/mol. The zero-order valence-electron chi connectivity index (χ0n) is 16.1. The quantitative estimate of drug-likeness (QED) is 0.841. The Labute approximate surface area is 159 Å². The highest BCUT2D eigenvalue weighted by atomic mass is 16.5. The molecule has 1 amide bonds. The molecule has 7 nitrogen and oxygen atoms in total. The first-order chi connectivity index (χ1) is 13.1. The van der Waals surface area contributed by atoms with Crippen LogP contribution in [0.4, 0.5) is 5.95 Å². The summed E-state index contributed by atoms with van der Waals surface area (Å²) in [7, 11) is 3.23. The van der Waals surface area contributed by atoms with Crippen LogP contribution in [0.15, 0.2) is 30.3 Å². The number of amides is 1. The van der Waals surface area contributed by atoms with Crippen LogP contribution in [0, 0.1) is 12.8 Å². The van der Waals surface area contributed by atoms with E-state index in [1.54, 1.807) is 20.3 Å². The first kappa shape index (κ1) is 18.9. The average Bonchev–Trinajstić information content (AvgIpc) is 2.71. The molecule has 1 aliphatic rings. The lowest BCUT2D eigenvalue weighted by molar-refractivity contribution is -0.125. The highest BCUT2D eigenvalue weighted by molar-refractivity contribution is 5.79. The molecule has 2 aromatic rings. The lowest BCUT2D eigenvalue weighted by Crippen LogP contribution is -2.43. The number of aryl methyl sites for hydroxylation is 1. The van der Waals surface area contributed by atoms with Crippen LogP contribution >= 0.6 is 0 Å². The number of ether oxygens (including phenoxy) is 2. The second-order valence-electron chi connectivity index (χ2n) is 6.67. The molecule has 1 saturated heterocycles. The number of anilines is 1. The van der Waals surface area contributed by atoms with Crippen LogP contribution in [-0.2, 0) is 11.3 Å². The zero-order valence-corrected chi connectivity index (χ0v) is 16.1. The van der Waals surface area contributed by atoms with E-state index in [1.165, 1.54) is 0 Å². The van der Waals surface area contributed by atoms with Crippen LogP contribution < -0.4 is 19.7 Å². The molecule has 1 N–H and O–H groups in total. The molecular formula is C20H26N4O3. The summed E-state index contributed by atoms with van der Waals surface area (Å²) in [5, 5.41) is 3.04. The van der Waals surface area contributed by atoms with Crippen molar-refractivity contribution in [3.63, 3.8) is 0 Å². The number of hydrogen-bond acceptors (Lipinski definition) is 6. The fourth-order valence-electron chi connectivity index (χ4n) is 3.32. The van der Waals surface area contributed by atoms with Gasteiger partial charge in [0.25, 0.3) is 0 Å². The normalized spacial score (nSPS) is 16.7. The number of benzene rings is 1. The summed E-state index contributed by atoms with van der Waals surface area (Å²) in [4.78, 5) is 23.7. The van der Waals surface area contributed by atoms with Crippen molar-refractivity contribution in [2.24, 2.45) is 5.92 Å². The molecule has 2 heterocycles. The summed E-state index contributed by atoms with van der Waals surface area (Å²) >= 11 is 0. The number of para-hydroxylation sites is 1. The predicted molar refractivity (Wildman–Crippen MR) is 103 cm³/mol. The van der Waals surface area contributed by atoms with Gasteiger partial charge in [0.15, 0.2) is 0 Å². The van der Waals surface area contributed by atoms with E-state index >= 15 is 0 Å². The predicted octanol–water partition coefficient (Wildman–Crippen LogP) is 2.34. The van der Waals surface area contributed by atoms with Crippen LogP contribution in [-0.4, -0.2) is 43.2 Å². The fourth-order valence-corrected chi connectivity index (χ4v) is 3.32. The summed E-state index contributed by atoms with van der Waals surface area (Å²) in [6.45, 7) is 3.80. The van der Waals surface area contributed by atoms with Gasteiger partial charge in [0.05, 0.1) is 20.1 Å². The summed E-state index contributed by atoms with van der Waals surface area (Å²) in [6, 6.07) is 9.50. The van der Waals surface area contributed by atoms with Crippen LogP contribution in [0.1, 0.15) is 24.1 Å². The maximum atomic E-state index is 12.7. The maximum Gasteiger partial charge on any atom is 0.228 e. The molecule has 1 aromatic carbocycles. The highest BCUT2D eigenvalue weighted by Gasteiger charge is 2.27. The third kappa shape index (κ3) is 4.67. The van der Waals surface area contributed by atoms with Crippen molar-refractivity contribution in [3.05, 3.63) is 41.6 Å². The van der Waals surface area contributed by atoms with E-state index in [1.807, 2.05) is 31.2 Å². The van der Waals surface area contributed by atoms with Crippen molar-refractivity contribution in [2.45, 2.75) is 26.3 Å². The number of rotatable bonds is 6. The first-order valence-corrected chi connectivity index (χ1v) is 9.15. The average molecular weight is 370 g/mol. The van der Waals surface area contributed by atoms with Crippen LogP contribution in [0.25, 0.3) is 0 Å². The Morgan fingerprint density at radius 3 is 2.85 bits per heavy atom. The Hall–Kier alpha value is -2.83. The minimum absolute atomic E-state index is 0.0465. The lowest BCUT2D eigenvalue weighted by atomic mass is 9.97. The molecule has 1 unspecified atom stereocenters. The number of hydrogen-bond donors (Lipinski definition) is 1. The Morgan fingerprint density at radius 2 is 2.07 bits per heavy atom. The Balaban J connectivity index is 1.63. The van der Waals surface area contributed by atoms with E-state index in [2.05, 4.69) is 20.2 Å². The highest BCUT2D eigenvalue weighted by Crippen LogP contribution is 2.23. The molecule has 0 bridgehead atoms. The van der Waals surface area contributed by atoms with Crippen molar-refractivity contribution < 1.29 is 14.3 Å². The van der Waals surface area contributed by atoms with Crippen molar-refractivity contribution in [1.82, 2.24) is 15.3 Å². The van der Waals surface area contributed by atoms with Crippen molar-refractivity contribution in [1.29, 1.82) is 0 Å². The van der Waals surface area contributed by atoms with E-state index < -0.39 is 0 Å². The van der Waals surface area contributed by atoms with Gasteiger partial charge in [-0.15, -0.1) is 0 Å². The molecule has 0 aliphatic carbocycles. The van der Waals surface area contributed by atoms with Gasteiger partial charge in [-0.2, -0.15) is 4.98 Å². The molecule has 144 valence electrons. The molecule has 27 heavy (non-hydrogen) atoms. The maximum absolute atomic E-state index is 12.7. The van der Waals surface area contributed by atoms with E-state index in [-0.39, 0.29) is 11.8 Å². The number of aromatic nitrogens is 2. The molecule has 7 heteroatoms. The second-order valence-corrected chi connectivity index (χ2v) is 6.67. The fraction of sp³-hybridized carbons (Fsp3) is 0.450. The topological polar surface area (TPSA) is 76.6 Å². The zero-order chi connectivity index (χ0) is 19.2. The molecule has 0 saturated carbocycles. The van der Waals surface area contributed by atoms with Gasteiger partial charge in [0.2, 0.25) is 17.7 Å². The molecule has 1 aliphatic heterocycles. The summed E-state index contributed by atoms with van der Waals surface area (Å²) in [6.07, 6.45) is 1.78. The number of nitrogens with one attached hydrogen (secondary N) is 1. The van der Waals surface area contributed by atoms with Gasteiger partial charge >= 0.3 is 0 Å². The third-order valence-corrected chi connectivity index (χ3v) is 4.75. The standard InChI is InChI=1S/C20H26N4O3/c1-14-11-18(27-3)23-20(22-14)24-10-6-8-16(13-24)19(25)21-12-15-7-4-5-9-17(15)26-2/h4-5,7,9,11,16H,6,8,10,12-13H2,1-3H3,(H,21,25). The SMILES string of the molecule is COc1cc(C)nc(N2CCCC(C(=O)NCc3ccccc3OC)C2)n1. The smallest absolute Gasteiger partial charge is 0.228 e. The third-order valence-electron chi connectivity index (χ3n) is 4.75. The molecule has 1 aromatic heterocycles. The lowest BCUT2D eigenvalue weighted by Gasteiger charge is -2.32. The Morgan fingerprint density at radius 1 is 1.26 bits per heavy atom. The van der Waals surface area contributed by atoms with Gasteiger partial charge in [-0.05, 0) is 25.8 Å².